The second kappa shape index (κ2) is 11.9. The molecule has 2 aromatic carbocycles. The van der Waals surface area contributed by atoms with Gasteiger partial charge >= 0.3 is 0 Å². The number of unbranched alkanes of at least 4 members (excludes halogenated alkanes) is 1. The second-order valence-corrected chi connectivity index (χ2v) is 9.83. The van der Waals surface area contributed by atoms with Crippen LogP contribution in [-0.2, 0) is 22.3 Å². The van der Waals surface area contributed by atoms with Gasteiger partial charge in [0.1, 0.15) is 0 Å². The molecule has 2 heteroatoms. The van der Waals surface area contributed by atoms with Gasteiger partial charge < -0.3 is 9.47 Å². The van der Waals surface area contributed by atoms with Crippen LogP contribution in [0.25, 0.3) is 11.1 Å². The van der Waals surface area contributed by atoms with Gasteiger partial charge in [0.2, 0.25) is 0 Å². The van der Waals surface area contributed by atoms with Crippen molar-refractivity contribution in [3.8, 4) is 11.1 Å². The van der Waals surface area contributed by atoms with Crippen LogP contribution in [0.15, 0.2) is 48.5 Å². The molecule has 0 spiro atoms. The van der Waals surface area contributed by atoms with E-state index >= 15 is 0 Å². The number of ether oxygens (including phenoxy) is 2. The predicted octanol–water partition coefficient (Wildman–Crippen LogP) is 7.61. The van der Waals surface area contributed by atoms with Crippen LogP contribution in [-0.4, -0.2) is 19.5 Å². The zero-order valence-corrected chi connectivity index (χ0v) is 19.9. The van der Waals surface area contributed by atoms with Crippen molar-refractivity contribution in [3.05, 3.63) is 72.5 Å². The second-order valence-electron chi connectivity index (χ2n) is 9.83. The van der Waals surface area contributed by atoms with E-state index in [2.05, 4.69) is 62.4 Å². The first kappa shape index (κ1) is 23.4. The Morgan fingerprint density at radius 2 is 1.31 bits per heavy atom. The highest BCUT2D eigenvalue weighted by Crippen LogP contribution is 2.36. The topological polar surface area (TPSA) is 18.5 Å². The van der Waals surface area contributed by atoms with Gasteiger partial charge in [-0.05, 0) is 73.1 Å². The maximum Gasteiger partial charge on any atom is 0.157 e. The smallest absolute Gasteiger partial charge is 0.157 e. The fraction of sp³-hybridized carbons (Fsp3) is 0.533. The van der Waals surface area contributed by atoms with Crippen molar-refractivity contribution in [2.24, 2.45) is 11.8 Å². The molecule has 2 fully saturated rings. The molecule has 2 aromatic rings. The lowest BCUT2D eigenvalue weighted by Crippen LogP contribution is -2.37. The third-order valence-electron chi connectivity index (χ3n) is 7.36. The van der Waals surface area contributed by atoms with E-state index in [0.717, 1.165) is 38.4 Å². The molecule has 1 aliphatic carbocycles. The molecule has 2 nitrogen and oxygen atoms in total. The Morgan fingerprint density at radius 3 is 1.84 bits per heavy atom. The minimum atomic E-state index is -0.0182. The summed E-state index contributed by atoms with van der Waals surface area (Å²) in [6.07, 6.45) is 11.7. The van der Waals surface area contributed by atoms with Gasteiger partial charge in [0, 0.05) is 5.92 Å². The Morgan fingerprint density at radius 1 is 0.781 bits per heavy atom. The molecule has 0 amide bonds. The van der Waals surface area contributed by atoms with Crippen LogP contribution in [0.3, 0.4) is 0 Å². The quantitative estimate of drug-likeness (QED) is 0.380. The van der Waals surface area contributed by atoms with E-state index < -0.39 is 0 Å². The first-order valence-corrected chi connectivity index (χ1v) is 12.8. The van der Waals surface area contributed by atoms with Crippen molar-refractivity contribution in [2.45, 2.75) is 77.4 Å². The van der Waals surface area contributed by atoms with Crippen molar-refractivity contribution in [1.29, 1.82) is 0 Å². The molecule has 2 aliphatic rings. The van der Waals surface area contributed by atoms with Crippen LogP contribution in [0.5, 0.6) is 0 Å². The van der Waals surface area contributed by atoms with Crippen LogP contribution in [0, 0.1) is 24.7 Å². The maximum atomic E-state index is 6.07. The van der Waals surface area contributed by atoms with E-state index in [9.17, 15) is 0 Å². The standard InChI is InChI=1S/C30H40O2/c1-3-4-6-24-11-17-26(18-12-24)27-19-13-25(14-20-27)7-5-8-30-31-21-29(22-32-30)28-15-9-23(2)10-16-28/h11-14,17-20,28-30H,2-10,15-16,21-22H2,1H3. The molecule has 1 saturated carbocycles. The summed E-state index contributed by atoms with van der Waals surface area (Å²) in [5.41, 5.74) is 5.43. The van der Waals surface area contributed by atoms with Gasteiger partial charge in [-0.3, -0.25) is 0 Å². The van der Waals surface area contributed by atoms with Crippen LogP contribution in [0.4, 0.5) is 0 Å². The van der Waals surface area contributed by atoms with Crippen LogP contribution in [0.2, 0.25) is 0 Å². The van der Waals surface area contributed by atoms with Crippen molar-refractivity contribution in [3.63, 3.8) is 0 Å². The van der Waals surface area contributed by atoms with Crippen molar-refractivity contribution >= 4 is 0 Å². The third-order valence-corrected chi connectivity index (χ3v) is 7.36. The van der Waals surface area contributed by atoms with E-state index in [0.29, 0.717) is 5.92 Å². The average Bonchev–Trinajstić information content (AvgIpc) is 2.85. The summed E-state index contributed by atoms with van der Waals surface area (Å²) >= 11 is 0. The molecule has 1 saturated heterocycles. The first-order valence-electron chi connectivity index (χ1n) is 12.8. The Hall–Kier alpha value is -1.77. The Kier molecular flexibility index (Phi) is 8.70. The van der Waals surface area contributed by atoms with Crippen LogP contribution >= 0.6 is 0 Å². The molecule has 0 radical (unpaired) electrons. The fourth-order valence-electron chi connectivity index (χ4n) is 5.10. The van der Waals surface area contributed by atoms with Crippen LogP contribution < -0.4 is 0 Å². The zero-order chi connectivity index (χ0) is 22.2. The van der Waals surface area contributed by atoms with E-state index in [1.165, 1.54) is 73.1 Å². The Bertz CT molecular complexity index is 779. The normalized spacial score (nSPS) is 22.2. The molecule has 0 N–H and O–H groups in total. The largest absolute Gasteiger partial charge is 0.352 e. The highest BCUT2D eigenvalue weighted by atomic mass is 16.7. The first-order chi connectivity index (χ1) is 15.7. The lowest BCUT2D eigenvalue weighted by molar-refractivity contribution is -0.212. The molecule has 0 atom stereocenters. The van der Waals surface area contributed by atoms with Crippen molar-refractivity contribution < 1.29 is 9.47 Å². The van der Waals surface area contributed by atoms with E-state index in [1.54, 1.807) is 0 Å². The van der Waals surface area contributed by atoms with Gasteiger partial charge in [-0.25, -0.2) is 0 Å². The molecule has 1 aliphatic heterocycles. The van der Waals surface area contributed by atoms with Gasteiger partial charge in [0.05, 0.1) is 26.1 Å². The van der Waals surface area contributed by atoms with Gasteiger partial charge in [-0.1, -0.05) is 67.8 Å². The van der Waals surface area contributed by atoms with E-state index in [-0.39, 0.29) is 6.29 Å². The Balaban J connectivity index is 1.17. The summed E-state index contributed by atoms with van der Waals surface area (Å²) in [5.74, 6) is 2.75. The summed E-state index contributed by atoms with van der Waals surface area (Å²) in [6.45, 7) is 8.12. The summed E-state index contributed by atoms with van der Waals surface area (Å²) in [5, 5.41) is 0. The number of hydrogen-bond acceptors (Lipinski definition) is 2. The number of rotatable bonds is 9. The molecular formula is C30H40O2. The number of hydrogen-bond donors (Lipinski definition) is 0. The molecule has 32 heavy (non-hydrogen) atoms. The average molecular weight is 433 g/mol. The highest BCUT2D eigenvalue weighted by Gasteiger charge is 2.32. The monoisotopic (exact) mass is 432 g/mol. The van der Waals surface area contributed by atoms with Gasteiger partial charge in [0.15, 0.2) is 6.29 Å². The van der Waals surface area contributed by atoms with Gasteiger partial charge in [-0.2, -0.15) is 0 Å². The lowest BCUT2D eigenvalue weighted by Gasteiger charge is -2.36. The van der Waals surface area contributed by atoms with E-state index in [4.69, 9.17) is 9.47 Å². The molecule has 0 aromatic heterocycles. The van der Waals surface area contributed by atoms with E-state index in [1.807, 2.05) is 0 Å². The van der Waals surface area contributed by atoms with Gasteiger partial charge in [0.25, 0.3) is 0 Å². The zero-order valence-electron chi connectivity index (χ0n) is 19.9. The minimum absolute atomic E-state index is 0.0182. The lowest BCUT2D eigenvalue weighted by atomic mass is 9.76. The fourth-order valence-corrected chi connectivity index (χ4v) is 5.10. The Labute approximate surface area is 195 Å². The molecule has 4 rings (SSSR count). The molecule has 0 unspecified atom stereocenters. The summed E-state index contributed by atoms with van der Waals surface area (Å²) < 4.78 is 12.1. The molecule has 0 bridgehead atoms. The molecule has 1 heterocycles. The van der Waals surface area contributed by atoms with Crippen molar-refractivity contribution in [2.75, 3.05) is 13.2 Å². The summed E-state index contributed by atoms with van der Waals surface area (Å²) in [4.78, 5) is 0. The summed E-state index contributed by atoms with van der Waals surface area (Å²) in [7, 11) is 0. The van der Waals surface area contributed by atoms with Crippen LogP contribution in [0.1, 0.15) is 69.4 Å². The summed E-state index contributed by atoms with van der Waals surface area (Å²) in [6, 6.07) is 18.1. The predicted molar refractivity (Wildman–Crippen MR) is 133 cm³/mol. The maximum absolute atomic E-state index is 6.07. The molecule has 172 valence electrons. The minimum Gasteiger partial charge on any atom is -0.352 e. The number of benzene rings is 2. The highest BCUT2D eigenvalue weighted by molar-refractivity contribution is 5.63. The van der Waals surface area contributed by atoms with Crippen molar-refractivity contribution in [1.82, 2.24) is 0 Å². The third kappa shape index (κ3) is 6.62. The SMILES string of the molecule is [CH2-][C+]1CCC(C2COC(CCCc3ccc(-c4ccc(CCCC)cc4)cc3)OC2)CC1. The number of aryl methyl sites for hydroxylation is 2. The van der Waals surface area contributed by atoms with Gasteiger partial charge in [-0.15, -0.1) is 6.92 Å². The molecular weight excluding hydrogens is 392 g/mol.